The van der Waals surface area contributed by atoms with Crippen LogP contribution < -0.4 is 0 Å². The Morgan fingerprint density at radius 2 is 2.00 bits per heavy atom. The summed E-state index contributed by atoms with van der Waals surface area (Å²) < 4.78 is 37.3. The second-order valence-corrected chi connectivity index (χ2v) is 4.48. The van der Waals surface area contributed by atoms with E-state index in [2.05, 4.69) is 4.98 Å². The number of thiazole rings is 1. The Morgan fingerprint density at radius 1 is 1.29 bits per heavy atom. The molecule has 0 saturated carbocycles. The number of nitrogens with zero attached hydrogens (tertiary/aromatic N) is 1. The molecular weight excluding hydrogens is 211 g/mol. The first-order valence-electron chi connectivity index (χ1n) is 4.55. The van der Waals surface area contributed by atoms with Gasteiger partial charge in [0.25, 0.3) is 0 Å². The number of rotatable bonds is 0. The molecule has 1 nitrogen and oxygen atoms in total. The monoisotopic (exact) mass is 221 g/mol. The molecular formula is C9H10F3NS. The topological polar surface area (TPSA) is 12.9 Å². The highest BCUT2D eigenvalue weighted by Gasteiger charge is 2.39. The zero-order valence-electron chi connectivity index (χ0n) is 7.47. The maximum atomic E-state index is 12.4. The molecule has 0 aromatic carbocycles. The maximum absolute atomic E-state index is 12.4. The minimum Gasteiger partial charge on any atom is -0.249 e. The predicted octanol–water partition coefficient (Wildman–Crippen LogP) is 3.20. The van der Waals surface area contributed by atoms with Crippen molar-refractivity contribution >= 4 is 11.3 Å². The van der Waals surface area contributed by atoms with Crippen molar-refractivity contribution in [3.63, 3.8) is 0 Å². The van der Waals surface area contributed by atoms with Crippen LogP contribution in [0.1, 0.15) is 23.4 Å². The zero-order chi connectivity index (χ0) is 10.2. The fourth-order valence-corrected chi connectivity index (χ4v) is 2.62. The Balaban J connectivity index is 2.10. The van der Waals surface area contributed by atoms with E-state index in [1.807, 2.05) is 0 Å². The quantitative estimate of drug-likeness (QED) is 0.613. The summed E-state index contributed by atoms with van der Waals surface area (Å²) in [5.74, 6) is -1.14. The van der Waals surface area contributed by atoms with Gasteiger partial charge in [-0.3, -0.25) is 0 Å². The van der Waals surface area contributed by atoms with E-state index in [0.29, 0.717) is 12.8 Å². The lowest BCUT2D eigenvalue weighted by Gasteiger charge is -2.17. The highest BCUT2D eigenvalue weighted by Crippen LogP contribution is 2.36. The van der Waals surface area contributed by atoms with E-state index in [-0.39, 0.29) is 12.8 Å². The van der Waals surface area contributed by atoms with Crippen molar-refractivity contribution in [3.05, 3.63) is 16.1 Å². The predicted molar refractivity (Wildman–Crippen MR) is 48.3 cm³/mol. The molecule has 0 fully saturated rings. The largest absolute Gasteiger partial charge is 0.391 e. The van der Waals surface area contributed by atoms with Crippen LogP contribution in [0.4, 0.5) is 13.2 Å². The van der Waals surface area contributed by atoms with Crippen LogP contribution in [0.5, 0.6) is 0 Å². The molecule has 1 atom stereocenters. The molecule has 1 unspecified atom stereocenters. The molecule has 1 aliphatic rings. The molecule has 14 heavy (non-hydrogen) atoms. The smallest absolute Gasteiger partial charge is 0.249 e. The molecule has 1 aliphatic carbocycles. The van der Waals surface area contributed by atoms with E-state index in [0.717, 1.165) is 10.6 Å². The third kappa shape index (κ3) is 1.92. The number of aromatic nitrogens is 1. The van der Waals surface area contributed by atoms with E-state index in [1.54, 1.807) is 5.51 Å². The Morgan fingerprint density at radius 3 is 2.71 bits per heavy atom. The number of aryl methyl sites for hydroxylation is 2. The summed E-state index contributed by atoms with van der Waals surface area (Å²) in [7, 11) is 0. The molecule has 1 heterocycles. The number of halogens is 3. The van der Waals surface area contributed by atoms with Gasteiger partial charge in [-0.15, -0.1) is 11.3 Å². The van der Waals surface area contributed by atoms with E-state index < -0.39 is 12.1 Å². The van der Waals surface area contributed by atoms with Gasteiger partial charge in [0.15, 0.2) is 0 Å². The fourth-order valence-electron chi connectivity index (χ4n) is 1.79. The highest BCUT2D eigenvalue weighted by molar-refractivity contribution is 7.09. The molecule has 2 rings (SSSR count). The molecule has 0 saturated heterocycles. The van der Waals surface area contributed by atoms with E-state index >= 15 is 0 Å². The zero-order valence-corrected chi connectivity index (χ0v) is 8.29. The van der Waals surface area contributed by atoms with Gasteiger partial charge in [0.1, 0.15) is 0 Å². The Bertz CT molecular complexity index is 296. The Labute approximate surface area is 84.0 Å². The molecule has 78 valence electrons. The van der Waals surface area contributed by atoms with Gasteiger partial charge >= 0.3 is 6.18 Å². The molecule has 5 heteroatoms. The molecule has 0 amide bonds. The highest BCUT2D eigenvalue weighted by atomic mass is 32.1. The van der Waals surface area contributed by atoms with Crippen molar-refractivity contribution in [1.82, 2.24) is 4.98 Å². The summed E-state index contributed by atoms with van der Waals surface area (Å²) in [5.41, 5.74) is 2.60. The number of hydrogen-bond acceptors (Lipinski definition) is 2. The van der Waals surface area contributed by atoms with Crippen molar-refractivity contribution in [2.45, 2.75) is 31.9 Å². The van der Waals surface area contributed by atoms with Crippen LogP contribution in [-0.2, 0) is 12.8 Å². The normalized spacial score (nSPS) is 22.9. The summed E-state index contributed by atoms with van der Waals surface area (Å²) >= 11 is 1.47. The lowest BCUT2D eigenvalue weighted by atomic mass is 10.00. The Hall–Kier alpha value is -0.580. The summed E-state index contributed by atoms with van der Waals surface area (Å²) in [5, 5.41) is 0. The molecule has 0 aliphatic heterocycles. The van der Waals surface area contributed by atoms with Crippen LogP contribution in [0.3, 0.4) is 0 Å². The number of fused-ring (bicyclic) bond motifs is 1. The molecule has 0 radical (unpaired) electrons. The first kappa shape index (κ1) is 9.96. The van der Waals surface area contributed by atoms with Crippen molar-refractivity contribution in [3.8, 4) is 0 Å². The van der Waals surface area contributed by atoms with Crippen molar-refractivity contribution in [2.24, 2.45) is 5.92 Å². The minimum atomic E-state index is -4.03. The lowest BCUT2D eigenvalue weighted by Crippen LogP contribution is -2.22. The summed E-state index contributed by atoms with van der Waals surface area (Å²) in [6.45, 7) is 0. The standard InChI is InChI=1S/C9H10F3NS/c10-9(11,12)6-1-3-7-8(4-2-6)14-5-13-7/h5-6H,1-4H2. The van der Waals surface area contributed by atoms with Gasteiger partial charge in [0, 0.05) is 4.88 Å². The van der Waals surface area contributed by atoms with Gasteiger partial charge in [-0.1, -0.05) is 0 Å². The van der Waals surface area contributed by atoms with Crippen LogP contribution in [0.2, 0.25) is 0 Å². The summed E-state index contributed by atoms with van der Waals surface area (Å²) in [6, 6.07) is 0. The average molecular weight is 221 g/mol. The van der Waals surface area contributed by atoms with Gasteiger partial charge in [-0.2, -0.15) is 13.2 Å². The molecule has 0 N–H and O–H groups in total. The SMILES string of the molecule is FC(F)(F)C1CCc2ncsc2CC1. The first-order valence-corrected chi connectivity index (χ1v) is 5.43. The van der Waals surface area contributed by atoms with Crippen molar-refractivity contribution < 1.29 is 13.2 Å². The van der Waals surface area contributed by atoms with Crippen molar-refractivity contribution in [2.75, 3.05) is 0 Å². The fraction of sp³-hybridized carbons (Fsp3) is 0.667. The van der Waals surface area contributed by atoms with Crippen LogP contribution in [-0.4, -0.2) is 11.2 Å². The van der Waals surface area contributed by atoms with Crippen LogP contribution in [0, 0.1) is 5.92 Å². The van der Waals surface area contributed by atoms with Crippen LogP contribution >= 0.6 is 11.3 Å². The molecule has 0 spiro atoms. The van der Waals surface area contributed by atoms with Gasteiger partial charge in [-0.05, 0) is 25.7 Å². The minimum absolute atomic E-state index is 0.195. The Kier molecular flexibility index (Phi) is 2.51. The van der Waals surface area contributed by atoms with Gasteiger partial charge in [-0.25, -0.2) is 4.98 Å². The van der Waals surface area contributed by atoms with Gasteiger partial charge < -0.3 is 0 Å². The summed E-state index contributed by atoms with van der Waals surface area (Å²) in [6.07, 6.45) is -2.61. The summed E-state index contributed by atoms with van der Waals surface area (Å²) in [4.78, 5) is 5.12. The van der Waals surface area contributed by atoms with E-state index in [9.17, 15) is 13.2 Å². The number of alkyl halides is 3. The van der Waals surface area contributed by atoms with Crippen LogP contribution in [0.25, 0.3) is 0 Å². The first-order chi connectivity index (χ1) is 6.57. The second kappa shape index (κ2) is 3.53. The van der Waals surface area contributed by atoms with Crippen molar-refractivity contribution in [1.29, 1.82) is 0 Å². The number of hydrogen-bond donors (Lipinski definition) is 0. The molecule has 0 bridgehead atoms. The lowest BCUT2D eigenvalue weighted by molar-refractivity contribution is -0.177. The maximum Gasteiger partial charge on any atom is 0.391 e. The molecule has 1 aromatic rings. The van der Waals surface area contributed by atoms with E-state index in [1.165, 1.54) is 11.3 Å². The second-order valence-electron chi connectivity index (χ2n) is 3.54. The molecule has 1 aromatic heterocycles. The van der Waals surface area contributed by atoms with E-state index in [4.69, 9.17) is 0 Å². The van der Waals surface area contributed by atoms with Gasteiger partial charge in [0.05, 0.1) is 17.1 Å². The third-order valence-electron chi connectivity index (χ3n) is 2.64. The van der Waals surface area contributed by atoms with Crippen LogP contribution in [0.15, 0.2) is 5.51 Å². The average Bonchev–Trinajstić information content (AvgIpc) is 2.42. The van der Waals surface area contributed by atoms with Gasteiger partial charge in [0.2, 0.25) is 0 Å². The third-order valence-corrected chi connectivity index (χ3v) is 3.57.